The van der Waals surface area contributed by atoms with Crippen molar-refractivity contribution in [2.24, 2.45) is 0 Å². The van der Waals surface area contributed by atoms with Crippen molar-refractivity contribution < 1.29 is 36.9 Å². The Morgan fingerprint density at radius 2 is 1.78 bits per heavy atom. The number of nitrogens with zero attached hydrogens (tertiary/aromatic N) is 6. The van der Waals surface area contributed by atoms with Crippen LogP contribution < -0.4 is 30.0 Å². The van der Waals surface area contributed by atoms with E-state index in [1.54, 1.807) is 37.6 Å². The predicted molar refractivity (Wildman–Crippen MR) is 156 cm³/mol. The topological polar surface area (TPSA) is 161 Å². The lowest BCUT2D eigenvalue weighted by Crippen LogP contribution is -2.22. The zero-order valence-electron chi connectivity index (χ0n) is 24.2. The number of nitrogens with one attached hydrogen (secondary N) is 1. The number of amides is 1. The van der Waals surface area contributed by atoms with E-state index in [1.807, 2.05) is 13.8 Å². The van der Waals surface area contributed by atoms with Crippen LogP contribution in [0.25, 0.3) is 16.6 Å². The van der Waals surface area contributed by atoms with Crippen LogP contribution in [0.3, 0.4) is 0 Å². The van der Waals surface area contributed by atoms with E-state index in [2.05, 4.69) is 30.4 Å². The minimum absolute atomic E-state index is 0.0212. The van der Waals surface area contributed by atoms with Gasteiger partial charge in [0.25, 0.3) is 5.91 Å². The molecule has 0 aliphatic heterocycles. The van der Waals surface area contributed by atoms with E-state index < -0.39 is 24.4 Å². The molecule has 13 nitrogen and oxygen atoms in total. The Morgan fingerprint density at radius 1 is 1.00 bits per heavy atom. The molecule has 5 aromatic rings. The van der Waals surface area contributed by atoms with Gasteiger partial charge in [-0.05, 0) is 37.6 Å². The number of hydrogen-bond donors (Lipinski definition) is 2. The van der Waals surface area contributed by atoms with Gasteiger partial charge in [0, 0.05) is 17.6 Å². The summed E-state index contributed by atoms with van der Waals surface area (Å²) in [4.78, 5) is 29.6. The summed E-state index contributed by atoms with van der Waals surface area (Å²) in [6.45, 7) is 2.34. The van der Waals surface area contributed by atoms with Gasteiger partial charge in [0.2, 0.25) is 5.95 Å². The number of rotatable bonds is 11. The van der Waals surface area contributed by atoms with Crippen LogP contribution in [-0.4, -0.2) is 61.6 Å². The quantitative estimate of drug-likeness (QED) is 0.195. The highest BCUT2D eigenvalue weighted by atomic mass is 19.4. The fourth-order valence-corrected chi connectivity index (χ4v) is 4.03. The Balaban J connectivity index is 1.37. The van der Waals surface area contributed by atoms with Crippen LogP contribution in [0.4, 0.5) is 24.9 Å². The number of halogens is 3. The highest BCUT2D eigenvalue weighted by molar-refractivity contribution is 6.04. The fourth-order valence-electron chi connectivity index (χ4n) is 4.03. The lowest BCUT2D eigenvalue weighted by Gasteiger charge is -2.17. The number of aromatic nitrogens is 6. The number of nitrogens with two attached hydrogens (primary N) is 1. The van der Waals surface area contributed by atoms with Gasteiger partial charge in [-0.25, -0.2) is 19.6 Å². The summed E-state index contributed by atoms with van der Waals surface area (Å²) in [5.41, 5.74) is 5.96. The zero-order valence-corrected chi connectivity index (χ0v) is 24.2. The third-order valence-electron chi connectivity index (χ3n) is 6.34. The van der Waals surface area contributed by atoms with E-state index in [0.717, 1.165) is 17.3 Å². The molecule has 4 heterocycles. The number of fused-ring (bicyclic) bond motifs is 1. The van der Waals surface area contributed by atoms with Gasteiger partial charge in [-0.3, -0.25) is 9.78 Å². The van der Waals surface area contributed by atoms with Crippen molar-refractivity contribution in [3.8, 4) is 34.4 Å². The van der Waals surface area contributed by atoms with Crippen molar-refractivity contribution in [3.05, 3.63) is 67.0 Å². The smallest absolute Gasteiger partial charge is 0.422 e. The molecule has 3 N–H and O–H groups in total. The number of anilines is 2. The molecule has 234 valence electrons. The summed E-state index contributed by atoms with van der Waals surface area (Å²) in [6, 6.07) is 8.23. The van der Waals surface area contributed by atoms with Crippen LogP contribution in [-0.2, 0) is 0 Å². The number of nitrogen functional groups attached to an aromatic ring is 1. The molecule has 0 radical (unpaired) electrons. The molecule has 45 heavy (non-hydrogen) atoms. The summed E-state index contributed by atoms with van der Waals surface area (Å²) in [5.74, 6) is 0.623. The van der Waals surface area contributed by atoms with Gasteiger partial charge in [0.05, 0.1) is 43.5 Å². The second kappa shape index (κ2) is 12.9. The number of ether oxygens (including phenoxy) is 4. The molecule has 0 fully saturated rings. The molecule has 4 aromatic heterocycles. The largest absolute Gasteiger partial charge is 0.493 e. The highest BCUT2D eigenvalue weighted by Crippen LogP contribution is 2.37. The van der Waals surface area contributed by atoms with E-state index in [4.69, 9.17) is 24.7 Å². The summed E-state index contributed by atoms with van der Waals surface area (Å²) >= 11 is 0. The minimum atomic E-state index is -4.65. The van der Waals surface area contributed by atoms with Crippen molar-refractivity contribution in [2.75, 3.05) is 24.8 Å². The minimum Gasteiger partial charge on any atom is -0.493 e. The number of hydrogen-bond acceptors (Lipinski definition) is 11. The van der Waals surface area contributed by atoms with Crippen molar-refractivity contribution in [1.82, 2.24) is 29.7 Å². The van der Waals surface area contributed by atoms with Crippen LogP contribution in [0.2, 0.25) is 0 Å². The molecule has 1 atom stereocenters. The first-order valence-corrected chi connectivity index (χ1v) is 13.5. The molecule has 0 saturated heterocycles. The van der Waals surface area contributed by atoms with Crippen LogP contribution in [0.5, 0.6) is 28.7 Å². The number of carbonyl (C=O) groups is 1. The standard InChI is InChI=1S/C29H27F3N8O5/c1-4-16(2)44-23-10-20-19(9-22(23)42-3)21(7-8-34-20)45-18-5-6-25(35-13-18)39-27(41)26-24(43-15-29(30,31)32)14-38-40(26)17-11-36-28(33)37-12-17/h5-14,16H,4,15H2,1-3H3,(H2,33,36,37)(H,35,39,41). The van der Waals surface area contributed by atoms with Crippen molar-refractivity contribution in [1.29, 1.82) is 0 Å². The van der Waals surface area contributed by atoms with Gasteiger partial charge in [0.1, 0.15) is 23.0 Å². The van der Waals surface area contributed by atoms with Gasteiger partial charge >= 0.3 is 6.18 Å². The maximum absolute atomic E-state index is 13.3. The predicted octanol–water partition coefficient (Wildman–Crippen LogP) is 5.36. The van der Waals surface area contributed by atoms with E-state index in [0.29, 0.717) is 33.9 Å². The number of methoxy groups -OCH3 is 1. The third kappa shape index (κ3) is 7.29. The number of carbonyl (C=O) groups excluding carboxylic acids is 1. The van der Waals surface area contributed by atoms with Crippen LogP contribution in [0.15, 0.2) is 61.3 Å². The first kappa shape index (κ1) is 30.8. The maximum atomic E-state index is 13.3. The first-order valence-electron chi connectivity index (χ1n) is 13.5. The summed E-state index contributed by atoms with van der Waals surface area (Å²) in [7, 11) is 1.54. The molecule has 1 amide bonds. The molecule has 16 heteroatoms. The van der Waals surface area contributed by atoms with Gasteiger partial charge in [-0.1, -0.05) is 6.92 Å². The number of alkyl halides is 3. The normalized spacial score (nSPS) is 12.0. The molecular weight excluding hydrogens is 597 g/mol. The van der Waals surface area contributed by atoms with E-state index >= 15 is 0 Å². The Morgan fingerprint density at radius 3 is 2.44 bits per heavy atom. The molecule has 0 bridgehead atoms. The van der Waals surface area contributed by atoms with Crippen molar-refractivity contribution in [3.63, 3.8) is 0 Å². The van der Waals surface area contributed by atoms with Gasteiger partial charge in [-0.15, -0.1) is 0 Å². The average molecular weight is 625 g/mol. The SMILES string of the molecule is CCC(C)Oc1cc2nccc(Oc3ccc(NC(=O)c4c(OCC(F)(F)F)cnn4-c4cnc(N)nc4)nc3)c2cc1OC. The average Bonchev–Trinajstić information content (AvgIpc) is 3.45. The Labute approximate surface area is 254 Å². The molecule has 0 aliphatic carbocycles. The van der Waals surface area contributed by atoms with E-state index in [9.17, 15) is 18.0 Å². The van der Waals surface area contributed by atoms with Gasteiger partial charge < -0.3 is 30.0 Å². The highest BCUT2D eigenvalue weighted by Gasteiger charge is 2.31. The molecule has 0 saturated carbocycles. The Kier molecular flexibility index (Phi) is 8.83. The molecule has 1 unspecified atom stereocenters. The van der Waals surface area contributed by atoms with Crippen LogP contribution in [0.1, 0.15) is 30.8 Å². The Hall–Kier alpha value is -5.67. The second-order valence-corrected chi connectivity index (χ2v) is 9.57. The summed E-state index contributed by atoms with van der Waals surface area (Å²) < 4.78 is 62.0. The second-order valence-electron chi connectivity index (χ2n) is 9.57. The maximum Gasteiger partial charge on any atom is 0.422 e. The van der Waals surface area contributed by atoms with E-state index in [1.165, 1.54) is 24.7 Å². The molecule has 0 spiro atoms. The molecule has 0 aliphatic rings. The van der Waals surface area contributed by atoms with E-state index in [-0.39, 0.29) is 29.3 Å². The summed E-state index contributed by atoms with van der Waals surface area (Å²) in [6.07, 6.45) is 2.59. The molecule has 5 rings (SSSR count). The lowest BCUT2D eigenvalue weighted by atomic mass is 10.1. The number of benzene rings is 1. The van der Waals surface area contributed by atoms with Crippen LogP contribution >= 0.6 is 0 Å². The van der Waals surface area contributed by atoms with Crippen LogP contribution in [0, 0.1) is 0 Å². The first-order chi connectivity index (χ1) is 21.5. The summed E-state index contributed by atoms with van der Waals surface area (Å²) in [5, 5.41) is 7.18. The third-order valence-corrected chi connectivity index (χ3v) is 6.34. The van der Waals surface area contributed by atoms with Gasteiger partial charge in [-0.2, -0.15) is 18.3 Å². The lowest BCUT2D eigenvalue weighted by molar-refractivity contribution is -0.153. The zero-order chi connectivity index (χ0) is 32.1. The number of pyridine rings is 2. The monoisotopic (exact) mass is 624 g/mol. The molecular formula is C29H27F3N8O5. The van der Waals surface area contributed by atoms with Crippen molar-refractivity contribution >= 4 is 28.6 Å². The Bertz CT molecular complexity index is 1800. The van der Waals surface area contributed by atoms with Gasteiger partial charge in [0.15, 0.2) is 29.5 Å². The molecule has 1 aromatic carbocycles. The fraction of sp³-hybridized carbons (Fsp3) is 0.241. The van der Waals surface area contributed by atoms with Crippen molar-refractivity contribution in [2.45, 2.75) is 32.5 Å².